The number of phenolic OH excluding ortho intramolecular Hbond substituents is 1. The molecule has 1 aromatic heterocycles. The van der Waals surface area contributed by atoms with Crippen LogP contribution in [0.25, 0.3) is 27.8 Å². The normalized spacial score (nSPS) is 11.8. The van der Waals surface area contributed by atoms with Gasteiger partial charge in [-0.3, -0.25) is 0 Å². The molecule has 5 aromatic rings. The molecule has 0 atom stereocenters. The van der Waals surface area contributed by atoms with Gasteiger partial charge < -0.3 is 5.11 Å². The zero-order valence-electron chi connectivity index (χ0n) is 19.8. The van der Waals surface area contributed by atoms with Crippen molar-refractivity contribution in [3.63, 3.8) is 0 Å². The summed E-state index contributed by atoms with van der Waals surface area (Å²) >= 11 is 1.70. The standard InChI is InChI=1S/C29H27N3OS/c1-19-16-24(29(2,3)4)28(33)27(17-19)32-30-25-15-14-23(18-26(25)31-32)34-22-12-10-21(11-13-22)20-8-6-5-7-9-20/h5-18,33H,1-4H3. The topological polar surface area (TPSA) is 50.9 Å². The lowest BCUT2D eigenvalue weighted by Gasteiger charge is -2.22. The Morgan fingerprint density at radius 1 is 0.735 bits per heavy atom. The zero-order valence-corrected chi connectivity index (χ0v) is 20.6. The zero-order chi connectivity index (χ0) is 23.9. The molecular formula is C29H27N3OS. The first-order chi connectivity index (χ1) is 16.3. The number of fused-ring (bicyclic) bond motifs is 1. The van der Waals surface area contributed by atoms with E-state index in [1.807, 2.05) is 37.3 Å². The van der Waals surface area contributed by atoms with E-state index < -0.39 is 0 Å². The third-order valence-electron chi connectivity index (χ3n) is 5.81. The number of benzene rings is 4. The van der Waals surface area contributed by atoms with Crippen LogP contribution in [0, 0.1) is 6.92 Å². The van der Waals surface area contributed by atoms with Crippen molar-refractivity contribution >= 4 is 22.8 Å². The Labute approximate surface area is 204 Å². The Hall–Kier alpha value is -3.57. The molecule has 5 heteroatoms. The van der Waals surface area contributed by atoms with Crippen molar-refractivity contribution in [3.05, 3.63) is 96.1 Å². The maximum atomic E-state index is 11.0. The first-order valence-corrected chi connectivity index (χ1v) is 12.1. The second kappa shape index (κ2) is 8.65. The molecule has 0 unspecified atom stereocenters. The number of hydrogen-bond donors (Lipinski definition) is 1. The van der Waals surface area contributed by atoms with Gasteiger partial charge in [0, 0.05) is 15.4 Å². The van der Waals surface area contributed by atoms with E-state index in [9.17, 15) is 5.11 Å². The maximum absolute atomic E-state index is 11.0. The molecule has 0 bridgehead atoms. The second-order valence-electron chi connectivity index (χ2n) is 9.56. The molecular weight excluding hydrogens is 438 g/mol. The predicted molar refractivity (Wildman–Crippen MR) is 140 cm³/mol. The third-order valence-corrected chi connectivity index (χ3v) is 6.80. The summed E-state index contributed by atoms with van der Waals surface area (Å²) in [6.07, 6.45) is 0. The third kappa shape index (κ3) is 4.44. The molecule has 1 N–H and O–H groups in total. The number of aromatic hydroxyl groups is 1. The van der Waals surface area contributed by atoms with E-state index in [2.05, 4.69) is 80.5 Å². The van der Waals surface area contributed by atoms with Gasteiger partial charge in [0.2, 0.25) is 0 Å². The van der Waals surface area contributed by atoms with Gasteiger partial charge in [-0.1, -0.05) is 81.1 Å². The summed E-state index contributed by atoms with van der Waals surface area (Å²) < 4.78 is 0. The van der Waals surface area contributed by atoms with Crippen LogP contribution in [0.4, 0.5) is 0 Å². The van der Waals surface area contributed by atoms with Crippen LogP contribution in [0.1, 0.15) is 31.9 Å². The molecule has 0 radical (unpaired) electrons. The molecule has 0 aliphatic heterocycles. The summed E-state index contributed by atoms with van der Waals surface area (Å²) in [6.45, 7) is 8.30. The SMILES string of the molecule is Cc1cc(-n2nc3ccc(Sc4ccc(-c5ccccc5)cc4)cc3n2)c(O)c(C(C)(C)C)c1. The minimum atomic E-state index is -0.183. The summed E-state index contributed by atoms with van der Waals surface area (Å²) in [6, 6.07) is 29.0. The molecule has 170 valence electrons. The summed E-state index contributed by atoms with van der Waals surface area (Å²) in [5.74, 6) is 0.228. The highest BCUT2D eigenvalue weighted by molar-refractivity contribution is 7.99. The highest BCUT2D eigenvalue weighted by Crippen LogP contribution is 2.36. The Bertz CT molecular complexity index is 1470. The van der Waals surface area contributed by atoms with Gasteiger partial charge in [-0.2, -0.15) is 0 Å². The van der Waals surface area contributed by atoms with Crippen molar-refractivity contribution in [2.75, 3.05) is 0 Å². The summed E-state index contributed by atoms with van der Waals surface area (Å²) in [7, 11) is 0. The fourth-order valence-electron chi connectivity index (χ4n) is 4.03. The van der Waals surface area contributed by atoms with E-state index >= 15 is 0 Å². The van der Waals surface area contributed by atoms with Crippen LogP contribution >= 0.6 is 11.8 Å². The van der Waals surface area contributed by atoms with Gasteiger partial charge >= 0.3 is 0 Å². The van der Waals surface area contributed by atoms with Crippen LogP contribution < -0.4 is 0 Å². The van der Waals surface area contributed by atoms with Gasteiger partial charge in [0.1, 0.15) is 22.5 Å². The van der Waals surface area contributed by atoms with E-state index in [1.165, 1.54) is 11.1 Å². The Morgan fingerprint density at radius 3 is 2.09 bits per heavy atom. The van der Waals surface area contributed by atoms with Crippen molar-refractivity contribution in [3.8, 4) is 22.6 Å². The molecule has 0 aliphatic rings. The average Bonchev–Trinajstić information content (AvgIpc) is 3.24. The van der Waals surface area contributed by atoms with Gasteiger partial charge in [0.05, 0.1) is 0 Å². The van der Waals surface area contributed by atoms with E-state index in [0.717, 1.165) is 32.0 Å². The largest absolute Gasteiger partial charge is 0.505 e. The first-order valence-electron chi connectivity index (χ1n) is 11.3. The minimum absolute atomic E-state index is 0.183. The number of nitrogens with zero attached hydrogens (tertiary/aromatic N) is 3. The molecule has 0 fully saturated rings. The Morgan fingerprint density at radius 2 is 1.38 bits per heavy atom. The summed E-state index contributed by atoms with van der Waals surface area (Å²) in [5, 5.41) is 20.3. The van der Waals surface area contributed by atoms with Crippen LogP contribution in [-0.2, 0) is 5.41 Å². The van der Waals surface area contributed by atoms with Crippen molar-refractivity contribution in [2.45, 2.75) is 42.9 Å². The average molecular weight is 466 g/mol. The van der Waals surface area contributed by atoms with Crippen LogP contribution in [-0.4, -0.2) is 20.1 Å². The monoisotopic (exact) mass is 465 g/mol. The van der Waals surface area contributed by atoms with Gasteiger partial charge in [-0.25, -0.2) is 0 Å². The van der Waals surface area contributed by atoms with E-state index in [4.69, 9.17) is 5.10 Å². The van der Waals surface area contributed by atoms with Crippen molar-refractivity contribution in [1.29, 1.82) is 0 Å². The molecule has 4 nitrogen and oxygen atoms in total. The number of hydrogen-bond acceptors (Lipinski definition) is 4. The van der Waals surface area contributed by atoms with Crippen LogP contribution in [0.2, 0.25) is 0 Å². The maximum Gasteiger partial charge on any atom is 0.146 e. The number of aromatic nitrogens is 3. The predicted octanol–water partition coefficient (Wildman–Crippen LogP) is 7.55. The number of aryl methyl sites for hydroxylation is 1. The lowest BCUT2D eigenvalue weighted by atomic mass is 9.85. The number of rotatable bonds is 4. The lowest BCUT2D eigenvalue weighted by Crippen LogP contribution is -2.13. The fourth-order valence-corrected chi connectivity index (χ4v) is 4.88. The van der Waals surface area contributed by atoms with Gasteiger partial charge in [-0.05, 0) is 65.4 Å². The van der Waals surface area contributed by atoms with Gasteiger partial charge in [0.25, 0.3) is 0 Å². The fraction of sp³-hybridized carbons (Fsp3) is 0.172. The summed E-state index contributed by atoms with van der Waals surface area (Å²) in [4.78, 5) is 3.80. The molecule has 0 aliphatic carbocycles. The molecule has 0 saturated carbocycles. The Kier molecular flexibility index (Phi) is 5.66. The molecule has 34 heavy (non-hydrogen) atoms. The van der Waals surface area contributed by atoms with Crippen LogP contribution in [0.3, 0.4) is 0 Å². The van der Waals surface area contributed by atoms with Gasteiger partial charge in [-0.15, -0.1) is 15.0 Å². The second-order valence-corrected chi connectivity index (χ2v) is 10.7. The Balaban J connectivity index is 1.43. The minimum Gasteiger partial charge on any atom is -0.505 e. The van der Waals surface area contributed by atoms with E-state index in [-0.39, 0.29) is 11.2 Å². The molecule has 0 amide bonds. The smallest absolute Gasteiger partial charge is 0.146 e. The molecule has 0 spiro atoms. The van der Waals surface area contributed by atoms with Crippen LogP contribution in [0.15, 0.2) is 94.7 Å². The molecule has 5 rings (SSSR count). The first kappa shape index (κ1) is 22.2. The molecule has 4 aromatic carbocycles. The van der Waals surface area contributed by atoms with E-state index in [0.29, 0.717) is 5.69 Å². The highest BCUT2D eigenvalue weighted by atomic mass is 32.2. The van der Waals surface area contributed by atoms with E-state index in [1.54, 1.807) is 16.6 Å². The number of phenols is 1. The molecule has 1 heterocycles. The van der Waals surface area contributed by atoms with Gasteiger partial charge in [0.15, 0.2) is 0 Å². The van der Waals surface area contributed by atoms with Crippen molar-refractivity contribution in [1.82, 2.24) is 15.0 Å². The highest BCUT2D eigenvalue weighted by Gasteiger charge is 2.22. The quantitative estimate of drug-likeness (QED) is 0.298. The molecule has 0 saturated heterocycles. The van der Waals surface area contributed by atoms with Crippen LogP contribution in [0.5, 0.6) is 5.75 Å². The van der Waals surface area contributed by atoms with Crippen molar-refractivity contribution < 1.29 is 5.11 Å². The van der Waals surface area contributed by atoms with Crippen molar-refractivity contribution in [2.24, 2.45) is 0 Å². The summed E-state index contributed by atoms with van der Waals surface area (Å²) in [5.41, 5.74) is 6.38. The lowest BCUT2D eigenvalue weighted by molar-refractivity contribution is 0.440.